The van der Waals surface area contributed by atoms with E-state index < -0.39 is 0 Å². The quantitative estimate of drug-likeness (QED) is 0.761. The first-order chi connectivity index (χ1) is 8.68. The molecule has 0 radical (unpaired) electrons. The molecular formula is C17H32N2. The Labute approximate surface area is 119 Å². The van der Waals surface area contributed by atoms with Crippen LogP contribution in [0, 0.1) is 5.92 Å². The number of aromatic nitrogens is 2. The van der Waals surface area contributed by atoms with Crippen molar-refractivity contribution in [1.82, 2.24) is 9.97 Å². The predicted octanol–water partition coefficient (Wildman–Crippen LogP) is 5.37. The molecule has 0 aliphatic heterocycles. The normalized spacial score (nSPS) is 15.8. The summed E-state index contributed by atoms with van der Waals surface area (Å²) < 4.78 is 0. The third-order valence-corrected chi connectivity index (χ3v) is 4.10. The van der Waals surface area contributed by atoms with Crippen LogP contribution in [0.3, 0.4) is 0 Å². The van der Waals surface area contributed by atoms with Crippen LogP contribution in [-0.4, -0.2) is 9.97 Å². The Balaban J connectivity index is 3.20. The van der Waals surface area contributed by atoms with Crippen LogP contribution in [0.15, 0.2) is 0 Å². The van der Waals surface area contributed by atoms with E-state index in [1.165, 1.54) is 30.1 Å². The van der Waals surface area contributed by atoms with Crippen molar-refractivity contribution in [3.05, 3.63) is 17.2 Å². The molecule has 0 aromatic carbocycles. The van der Waals surface area contributed by atoms with Gasteiger partial charge in [-0.1, -0.05) is 61.8 Å². The summed E-state index contributed by atoms with van der Waals surface area (Å²) in [6.07, 6.45) is 2.41. The standard InChI is InChI=1S/C17H32N2/c1-9-10-12(4)16-18-14(13(5)11(2)3)15(19-16)17(6,7)8/h11-13H,9-10H2,1-8H3,(H,18,19). The molecule has 0 fully saturated rings. The fourth-order valence-corrected chi connectivity index (χ4v) is 2.44. The second-order valence-electron chi connectivity index (χ2n) is 7.36. The van der Waals surface area contributed by atoms with Gasteiger partial charge in [-0.2, -0.15) is 0 Å². The Hall–Kier alpha value is -0.790. The zero-order chi connectivity index (χ0) is 14.8. The molecule has 0 amide bonds. The average molecular weight is 264 g/mol. The first-order valence-corrected chi connectivity index (χ1v) is 7.78. The van der Waals surface area contributed by atoms with Gasteiger partial charge in [0.15, 0.2) is 0 Å². The van der Waals surface area contributed by atoms with Gasteiger partial charge >= 0.3 is 0 Å². The molecule has 0 saturated carbocycles. The van der Waals surface area contributed by atoms with E-state index in [0.29, 0.717) is 17.8 Å². The zero-order valence-corrected chi connectivity index (χ0v) is 14.1. The van der Waals surface area contributed by atoms with Crippen molar-refractivity contribution >= 4 is 0 Å². The molecular weight excluding hydrogens is 232 g/mol. The lowest BCUT2D eigenvalue weighted by molar-refractivity contribution is 0.496. The Morgan fingerprint density at radius 2 is 1.68 bits per heavy atom. The molecule has 2 heteroatoms. The maximum Gasteiger partial charge on any atom is 0.109 e. The lowest BCUT2D eigenvalue weighted by Gasteiger charge is -2.22. The summed E-state index contributed by atoms with van der Waals surface area (Å²) in [7, 11) is 0. The summed E-state index contributed by atoms with van der Waals surface area (Å²) in [5, 5.41) is 0. The SMILES string of the molecule is CCCC(C)c1nc(C(C)(C)C)c(C(C)C(C)C)[nH]1. The van der Waals surface area contributed by atoms with Gasteiger partial charge in [-0.05, 0) is 12.3 Å². The Morgan fingerprint density at radius 3 is 2.11 bits per heavy atom. The highest BCUT2D eigenvalue weighted by Gasteiger charge is 2.27. The molecule has 2 atom stereocenters. The minimum Gasteiger partial charge on any atom is -0.345 e. The molecule has 110 valence electrons. The molecule has 1 aromatic rings. The number of nitrogens with zero attached hydrogens (tertiary/aromatic N) is 1. The number of imidazole rings is 1. The summed E-state index contributed by atoms with van der Waals surface area (Å²) >= 11 is 0. The van der Waals surface area contributed by atoms with Crippen molar-refractivity contribution in [2.75, 3.05) is 0 Å². The van der Waals surface area contributed by atoms with E-state index in [-0.39, 0.29) is 5.41 Å². The zero-order valence-electron chi connectivity index (χ0n) is 14.1. The van der Waals surface area contributed by atoms with Gasteiger partial charge in [-0.15, -0.1) is 0 Å². The van der Waals surface area contributed by atoms with E-state index in [9.17, 15) is 0 Å². The van der Waals surface area contributed by atoms with E-state index in [4.69, 9.17) is 4.98 Å². The van der Waals surface area contributed by atoms with Gasteiger partial charge in [0, 0.05) is 22.9 Å². The van der Waals surface area contributed by atoms with Gasteiger partial charge in [-0.25, -0.2) is 4.98 Å². The highest BCUT2D eigenvalue weighted by atomic mass is 15.0. The number of H-pyrrole nitrogens is 1. The number of rotatable bonds is 5. The van der Waals surface area contributed by atoms with Crippen LogP contribution in [0.1, 0.15) is 97.3 Å². The first kappa shape index (κ1) is 16.3. The second kappa shape index (κ2) is 6.11. The van der Waals surface area contributed by atoms with Crippen molar-refractivity contribution in [1.29, 1.82) is 0 Å². The summed E-state index contributed by atoms with van der Waals surface area (Å²) in [6.45, 7) is 18.2. The van der Waals surface area contributed by atoms with E-state index in [2.05, 4.69) is 60.4 Å². The predicted molar refractivity (Wildman–Crippen MR) is 83.9 cm³/mol. The highest BCUT2D eigenvalue weighted by molar-refractivity contribution is 5.26. The van der Waals surface area contributed by atoms with Crippen LogP contribution >= 0.6 is 0 Å². The second-order valence-corrected chi connectivity index (χ2v) is 7.36. The first-order valence-electron chi connectivity index (χ1n) is 7.78. The molecule has 1 rings (SSSR count). The number of hydrogen-bond donors (Lipinski definition) is 1. The van der Waals surface area contributed by atoms with E-state index in [1.54, 1.807) is 0 Å². The maximum absolute atomic E-state index is 4.95. The highest BCUT2D eigenvalue weighted by Crippen LogP contribution is 2.34. The number of hydrogen-bond acceptors (Lipinski definition) is 1. The average Bonchev–Trinajstić information content (AvgIpc) is 2.72. The fourth-order valence-electron chi connectivity index (χ4n) is 2.44. The molecule has 2 nitrogen and oxygen atoms in total. The van der Waals surface area contributed by atoms with Gasteiger partial charge < -0.3 is 4.98 Å². The van der Waals surface area contributed by atoms with Crippen molar-refractivity contribution in [2.24, 2.45) is 5.92 Å². The largest absolute Gasteiger partial charge is 0.345 e. The minimum atomic E-state index is 0.110. The van der Waals surface area contributed by atoms with Gasteiger partial charge in [0.25, 0.3) is 0 Å². The summed E-state index contributed by atoms with van der Waals surface area (Å²) in [6, 6.07) is 0. The van der Waals surface area contributed by atoms with Crippen LogP contribution in [0.25, 0.3) is 0 Å². The molecule has 19 heavy (non-hydrogen) atoms. The molecule has 1 heterocycles. The van der Waals surface area contributed by atoms with Crippen molar-refractivity contribution < 1.29 is 0 Å². The molecule has 0 saturated heterocycles. The van der Waals surface area contributed by atoms with Crippen LogP contribution in [0.4, 0.5) is 0 Å². The topological polar surface area (TPSA) is 28.7 Å². The Kier molecular flexibility index (Phi) is 5.23. The molecule has 1 aromatic heterocycles. The van der Waals surface area contributed by atoms with E-state index >= 15 is 0 Å². The van der Waals surface area contributed by atoms with Crippen LogP contribution in [-0.2, 0) is 5.41 Å². The molecule has 0 spiro atoms. The lowest BCUT2D eigenvalue weighted by atomic mass is 9.84. The fraction of sp³-hybridized carbons (Fsp3) is 0.824. The molecule has 2 unspecified atom stereocenters. The summed E-state index contributed by atoms with van der Waals surface area (Å²) in [5.41, 5.74) is 2.71. The van der Waals surface area contributed by atoms with Gasteiger partial charge in [-0.3, -0.25) is 0 Å². The van der Waals surface area contributed by atoms with Crippen LogP contribution in [0.2, 0.25) is 0 Å². The Morgan fingerprint density at radius 1 is 1.11 bits per heavy atom. The number of aromatic amines is 1. The van der Waals surface area contributed by atoms with Crippen molar-refractivity contribution in [3.8, 4) is 0 Å². The summed E-state index contributed by atoms with van der Waals surface area (Å²) in [4.78, 5) is 8.59. The van der Waals surface area contributed by atoms with Crippen molar-refractivity contribution in [3.63, 3.8) is 0 Å². The minimum absolute atomic E-state index is 0.110. The monoisotopic (exact) mass is 264 g/mol. The Bertz CT molecular complexity index is 396. The third-order valence-electron chi connectivity index (χ3n) is 4.10. The van der Waals surface area contributed by atoms with E-state index in [0.717, 1.165) is 0 Å². The third kappa shape index (κ3) is 3.84. The van der Waals surface area contributed by atoms with Gasteiger partial charge in [0.1, 0.15) is 5.82 Å². The maximum atomic E-state index is 4.95. The summed E-state index contributed by atoms with van der Waals surface area (Å²) in [5.74, 6) is 2.87. The smallest absolute Gasteiger partial charge is 0.109 e. The molecule has 0 aliphatic rings. The molecule has 0 aliphatic carbocycles. The van der Waals surface area contributed by atoms with Crippen LogP contribution < -0.4 is 0 Å². The van der Waals surface area contributed by atoms with Crippen molar-refractivity contribution in [2.45, 2.75) is 85.5 Å². The van der Waals surface area contributed by atoms with Gasteiger partial charge in [0.2, 0.25) is 0 Å². The van der Waals surface area contributed by atoms with Gasteiger partial charge in [0.05, 0.1) is 5.69 Å². The van der Waals surface area contributed by atoms with E-state index in [1.807, 2.05) is 0 Å². The van der Waals surface area contributed by atoms with Crippen LogP contribution in [0.5, 0.6) is 0 Å². The molecule has 1 N–H and O–H groups in total. The molecule has 0 bridgehead atoms. The number of nitrogens with one attached hydrogen (secondary N) is 1. The lowest BCUT2D eigenvalue weighted by Crippen LogP contribution is -2.17.